The van der Waals surface area contributed by atoms with Crippen LogP contribution in [-0.2, 0) is 18.7 Å². The number of thioether (sulfide) groups is 1. The molecule has 0 radical (unpaired) electrons. The number of tetrazole rings is 1. The van der Waals surface area contributed by atoms with E-state index in [1.165, 1.54) is 5.01 Å². The standard InChI is InChI=1S/C13H22N6S2/c1-4-5-12-15-11(8-20-12)9-21-13-16-17-18-19(13)7-6-14-10(2)3/h8,10,14H,4-7,9H2,1-3H3. The van der Waals surface area contributed by atoms with Crippen molar-refractivity contribution in [2.24, 2.45) is 0 Å². The molecule has 0 aliphatic carbocycles. The number of aryl methyl sites for hydroxylation is 1. The van der Waals surface area contributed by atoms with Crippen LogP contribution in [0.4, 0.5) is 0 Å². The Morgan fingerprint density at radius 3 is 3.05 bits per heavy atom. The first-order chi connectivity index (χ1) is 10.2. The zero-order valence-corrected chi connectivity index (χ0v) is 14.4. The van der Waals surface area contributed by atoms with E-state index in [0.717, 1.165) is 42.5 Å². The van der Waals surface area contributed by atoms with Crippen molar-refractivity contribution in [2.75, 3.05) is 6.54 Å². The summed E-state index contributed by atoms with van der Waals surface area (Å²) in [6.07, 6.45) is 2.20. The van der Waals surface area contributed by atoms with Gasteiger partial charge in [-0.2, -0.15) is 0 Å². The number of hydrogen-bond acceptors (Lipinski definition) is 7. The molecule has 6 nitrogen and oxygen atoms in total. The van der Waals surface area contributed by atoms with Gasteiger partial charge in [0.1, 0.15) is 0 Å². The maximum absolute atomic E-state index is 4.62. The second-order valence-electron chi connectivity index (χ2n) is 5.06. The third-order valence-electron chi connectivity index (χ3n) is 2.79. The van der Waals surface area contributed by atoms with Gasteiger partial charge in [-0.25, -0.2) is 9.67 Å². The van der Waals surface area contributed by atoms with Gasteiger partial charge in [0, 0.05) is 23.7 Å². The van der Waals surface area contributed by atoms with Gasteiger partial charge in [-0.15, -0.1) is 16.4 Å². The maximum Gasteiger partial charge on any atom is 0.209 e. The van der Waals surface area contributed by atoms with Gasteiger partial charge in [0.05, 0.1) is 17.2 Å². The molecular formula is C13H22N6S2. The van der Waals surface area contributed by atoms with Crippen LogP contribution in [0.5, 0.6) is 0 Å². The normalized spacial score (nSPS) is 11.4. The molecular weight excluding hydrogens is 304 g/mol. The summed E-state index contributed by atoms with van der Waals surface area (Å²) in [5.74, 6) is 0.818. The zero-order valence-electron chi connectivity index (χ0n) is 12.7. The van der Waals surface area contributed by atoms with E-state index in [1.807, 2.05) is 4.68 Å². The fourth-order valence-corrected chi connectivity index (χ4v) is 3.58. The van der Waals surface area contributed by atoms with E-state index in [2.05, 4.69) is 52.0 Å². The van der Waals surface area contributed by atoms with Crippen molar-refractivity contribution in [3.8, 4) is 0 Å². The van der Waals surface area contributed by atoms with E-state index in [-0.39, 0.29) is 0 Å². The fourth-order valence-electron chi connectivity index (χ4n) is 1.78. The number of thiazole rings is 1. The summed E-state index contributed by atoms with van der Waals surface area (Å²) in [5.41, 5.74) is 1.11. The summed E-state index contributed by atoms with van der Waals surface area (Å²) in [7, 11) is 0. The third-order valence-corrected chi connectivity index (χ3v) is 4.74. The highest BCUT2D eigenvalue weighted by molar-refractivity contribution is 7.98. The van der Waals surface area contributed by atoms with Crippen molar-refractivity contribution < 1.29 is 0 Å². The Morgan fingerprint density at radius 2 is 2.29 bits per heavy atom. The van der Waals surface area contributed by atoms with Crippen LogP contribution in [0.1, 0.15) is 37.9 Å². The molecule has 2 aromatic rings. The molecule has 1 N–H and O–H groups in total. The molecule has 0 aliphatic rings. The molecule has 2 rings (SSSR count). The lowest BCUT2D eigenvalue weighted by Crippen LogP contribution is -2.27. The number of hydrogen-bond donors (Lipinski definition) is 1. The summed E-state index contributed by atoms with van der Waals surface area (Å²) >= 11 is 3.38. The Kier molecular flexibility index (Phi) is 6.59. The molecule has 0 aromatic carbocycles. The van der Waals surface area contributed by atoms with E-state index >= 15 is 0 Å². The third kappa shape index (κ3) is 5.37. The van der Waals surface area contributed by atoms with Crippen LogP contribution >= 0.6 is 23.1 Å². The highest BCUT2D eigenvalue weighted by Gasteiger charge is 2.09. The fraction of sp³-hybridized carbons (Fsp3) is 0.692. The predicted octanol–water partition coefficient (Wildman–Crippen LogP) is 2.37. The van der Waals surface area contributed by atoms with Gasteiger partial charge in [0.15, 0.2) is 0 Å². The van der Waals surface area contributed by atoms with Crippen LogP contribution in [0.25, 0.3) is 0 Å². The van der Waals surface area contributed by atoms with Gasteiger partial charge in [0.25, 0.3) is 0 Å². The molecule has 0 saturated carbocycles. The van der Waals surface area contributed by atoms with Crippen molar-refractivity contribution >= 4 is 23.1 Å². The van der Waals surface area contributed by atoms with Crippen molar-refractivity contribution in [2.45, 2.75) is 57.1 Å². The molecule has 2 aromatic heterocycles. The number of nitrogens with zero attached hydrogens (tertiary/aromatic N) is 5. The predicted molar refractivity (Wildman–Crippen MR) is 86.6 cm³/mol. The van der Waals surface area contributed by atoms with Crippen molar-refractivity contribution in [3.63, 3.8) is 0 Å². The lowest BCUT2D eigenvalue weighted by Gasteiger charge is -2.08. The number of nitrogens with one attached hydrogen (secondary N) is 1. The van der Waals surface area contributed by atoms with Gasteiger partial charge >= 0.3 is 0 Å². The van der Waals surface area contributed by atoms with Crippen LogP contribution in [0.2, 0.25) is 0 Å². The number of rotatable bonds is 9. The maximum atomic E-state index is 4.62. The molecule has 0 unspecified atom stereocenters. The minimum Gasteiger partial charge on any atom is -0.313 e. The van der Waals surface area contributed by atoms with Gasteiger partial charge in [-0.05, 0) is 23.3 Å². The highest BCUT2D eigenvalue weighted by Crippen LogP contribution is 2.21. The molecule has 116 valence electrons. The van der Waals surface area contributed by atoms with Crippen molar-refractivity contribution in [3.05, 3.63) is 16.1 Å². The van der Waals surface area contributed by atoms with E-state index in [0.29, 0.717) is 6.04 Å². The Hall–Kier alpha value is -0.990. The first kappa shape index (κ1) is 16.4. The van der Waals surface area contributed by atoms with Crippen LogP contribution in [-0.4, -0.2) is 37.8 Å². The van der Waals surface area contributed by atoms with Crippen LogP contribution in [0, 0.1) is 0 Å². The lowest BCUT2D eigenvalue weighted by atomic mass is 10.3. The first-order valence-electron chi connectivity index (χ1n) is 7.24. The SMILES string of the molecule is CCCc1nc(CSc2nnnn2CCNC(C)C)cs1. The van der Waals surface area contributed by atoms with E-state index < -0.39 is 0 Å². The Bertz CT molecular complexity index is 536. The summed E-state index contributed by atoms with van der Waals surface area (Å²) in [5, 5.41) is 19.5. The van der Waals surface area contributed by atoms with E-state index in [4.69, 9.17) is 0 Å². The second kappa shape index (κ2) is 8.45. The van der Waals surface area contributed by atoms with Gasteiger partial charge in [-0.1, -0.05) is 32.5 Å². The summed E-state index contributed by atoms with van der Waals surface area (Å²) < 4.78 is 1.85. The zero-order chi connectivity index (χ0) is 15.1. The lowest BCUT2D eigenvalue weighted by molar-refractivity contribution is 0.485. The Balaban J connectivity index is 1.83. The molecule has 0 saturated heterocycles. The average molecular weight is 326 g/mol. The summed E-state index contributed by atoms with van der Waals surface area (Å²) in [6.45, 7) is 8.09. The molecule has 21 heavy (non-hydrogen) atoms. The van der Waals surface area contributed by atoms with Crippen LogP contribution in [0.15, 0.2) is 10.5 Å². The quantitative estimate of drug-likeness (QED) is 0.714. The molecule has 0 bridgehead atoms. The Morgan fingerprint density at radius 1 is 1.43 bits per heavy atom. The van der Waals surface area contributed by atoms with Crippen molar-refractivity contribution in [1.82, 2.24) is 30.5 Å². The number of aromatic nitrogens is 5. The summed E-state index contributed by atoms with van der Waals surface area (Å²) in [4.78, 5) is 4.62. The van der Waals surface area contributed by atoms with Crippen LogP contribution in [0.3, 0.4) is 0 Å². The molecule has 0 fully saturated rings. The molecule has 0 atom stereocenters. The molecule has 0 amide bonds. The van der Waals surface area contributed by atoms with E-state index in [9.17, 15) is 0 Å². The highest BCUT2D eigenvalue weighted by atomic mass is 32.2. The molecule has 0 spiro atoms. The van der Waals surface area contributed by atoms with Gasteiger partial charge in [-0.3, -0.25) is 0 Å². The van der Waals surface area contributed by atoms with Crippen LogP contribution < -0.4 is 5.32 Å². The monoisotopic (exact) mass is 326 g/mol. The minimum atomic E-state index is 0.476. The largest absolute Gasteiger partial charge is 0.313 e. The van der Waals surface area contributed by atoms with E-state index in [1.54, 1.807) is 23.1 Å². The average Bonchev–Trinajstić information content (AvgIpc) is 3.06. The molecule has 8 heteroatoms. The molecule has 0 aliphatic heterocycles. The summed E-state index contributed by atoms with van der Waals surface area (Å²) in [6, 6.07) is 0.476. The van der Waals surface area contributed by atoms with Crippen molar-refractivity contribution in [1.29, 1.82) is 0 Å². The Labute approximate surface area is 133 Å². The van der Waals surface area contributed by atoms with Gasteiger partial charge < -0.3 is 5.32 Å². The topological polar surface area (TPSA) is 68.5 Å². The first-order valence-corrected chi connectivity index (χ1v) is 9.11. The minimum absolute atomic E-state index is 0.476. The molecule has 2 heterocycles. The second-order valence-corrected chi connectivity index (χ2v) is 6.95. The smallest absolute Gasteiger partial charge is 0.209 e. The van der Waals surface area contributed by atoms with Gasteiger partial charge in [0.2, 0.25) is 5.16 Å².